The maximum Gasteiger partial charge on any atom is 0.142 e. The molecule has 1 aliphatic rings. The van der Waals surface area contributed by atoms with Crippen molar-refractivity contribution < 1.29 is 4.74 Å². The molecular formula is C17H28N2O. The van der Waals surface area contributed by atoms with Gasteiger partial charge in [0, 0.05) is 18.3 Å². The van der Waals surface area contributed by atoms with E-state index in [2.05, 4.69) is 37.1 Å². The number of hydrogen-bond acceptors (Lipinski definition) is 3. The number of nitrogens with zero attached hydrogens (tertiary/aromatic N) is 1. The van der Waals surface area contributed by atoms with E-state index in [1.807, 2.05) is 13.0 Å². The molecule has 1 saturated carbocycles. The van der Waals surface area contributed by atoms with Crippen molar-refractivity contribution in [2.45, 2.75) is 72.1 Å². The van der Waals surface area contributed by atoms with Crippen LogP contribution in [0.5, 0.6) is 5.75 Å². The molecule has 1 heterocycles. The third-order valence-corrected chi connectivity index (χ3v) is 3.93. The third kappa shape index (κ3) is 4.48. The molecule has 0 aliphatic heterocycles. The van der Waals surface area contributed by atoms with E-state index < -0.39 is 0 Å². The monoisotopic (exact) mass is 276 g/mol. The molecule has 0 spiro atoms. The van der Waals surface area contributed by atoms with E-state index >= 15 is 0 Å². The predicted molar refractivity (Wildman–Crippen MR) is 83.0 cm³/mol. The highest BCUT2D eigenvalue weighted by Gasteiger charge is 2.21. The quantitative estimate of drug-likeness (QED) is 0.887. The van der Waals surface area contributed by atoms with Gasteiger partial charge in [-0.15, -0.1) is 0 Å². The van der Waals surface area contributed by atoms with E-state index in [0.29, 0.717) is 12.1 Å². The van der Waals surface area contributed by atoms with E-state index in [1.165, 1.54) is 25.7 Å². The van der Waals surface area contributed by atoms with Gasteiger partial charge in [-0.1, -0.05) is 27.2 Å². The summed E-state index contributed by atoms with van der Waals surface area (Å²) < 4.78 is 6.24. The molecule has 0 aromatic carbocycles. The van der Waals surface area contributed by atoms with Gasteiger partial charge in [0.2, 0.25) is 0 Å². The van der Waals surface area contributed by atoms with Crippen molar-refractivity contribution in [1.82, 2.24) is 10.3 Å². The number of rotatable bonds is 5. The summed E-state index contributed by atoms with van der Waals surface area (Å²) in [6, 6.07) is 4.58. The second kappa shape index (κ2) is 7.07. The minimum absolute atomic E-state index is 0.362. The SMILES string of the molecule is Cc1ccc(OC2CCCC(C)C2)c(CNC(C)C)n1. The molecular weight excluding hydrogens is 248 g/mol. The van der Waals surface area contributed by atoms with Crippen molar-refractivity contribution >= 4 is 0 Å². The summed E-state index contributed by atoms with van der Waals surface area (Å²) in [4.78, 5) is 4.64. The lowest BCUT2D eigenvalue weighted by atomic mass is 9.89. The molecule has 0 radical (unpaired) electrons. The van der Waals surface area contributed by atoms with Crippen LogP contribution in [-0.2, 0) is 6.54 Å². The van der Waals surface area contributed by atoms with Crippen molar-refractivity contribution in [1.29, 1.82) is 0 Å². The van der Waals surface area contributed by atoms with Crippen LogP contribution in [0.3, 0.4) is 0 Å². The van der Waals surface area contributed by atoms with Crippen molar-refractivity contribution in [3.05, 3.63) is 23.5 Å². The van der Waals surface area contributed by atoms with E-state index in [0.717, 1.165) is 29.6 Å². The van der Waals surface area contributed by atoms with Gasteiger partial charge in [-0.25, -0.2) is 0 Å². The Balaban J connectivity index is 2.05. The summed E-state index contributed by atoms with van der Waals surface area (Å²) in [7, 11) is 0. The summed E-state index contributed by atoms with van der Waals surface area (Å²) in [5.41, 5.74) is 2.09. The first-order chi connectivity index (χ1) is 9.54. The molecule has 2 rings (SSSR count). The van der Waals surface area contributed by atoms with Gasteiger partial charge in [0.15, 0.2) is 0 Å². The zero-order valence-corrected chi connectivity index (χ0v) is 13.3. The molecule has 2 unspecified atom stereocenters. The first-order valence-electron chi connectivity index (χ1n) is 7.91. The van der Waals surface area contributed by atoms with E-state index in [9.17, 15) is 0 Å². The fourth-order valence-corrected chi connectivity index (χ4v) is 2.80. The Labute approximate surface area is 123 Å². The van der Waals surface area contributed by atoms with Crippen LogP contribution in [0.2, 0.25) is 0 Å². The highest BCUT2D eigenvalue weighted by atomic mass is 16.5. The maximum atomic E-state index is 6.24. The second-order valence-electron chi connectivity index (χ2n) is 6.44. The Morgan fingerprint density at radius 3 is 2.85 bits per heavy atom. The van der Waals surface area contributed by atoms with Crippen LogP contribution in [0.1, 0.15) is 57.8 Å². The topological polar surface area (TPSA) is 34.1 Å². The normalized spacial score (nSPS) is 23.1. The lowest BCUT2D eigenvalue weighted by molar-refractivity contribution is 0.127. The fourth-order valence-electron chi connectivity index (χ4n) is 2.80. The van der Waals surface area contributed by atoms with Gasteiger partial charge in [0.05, 0.1) is 11.8 Å². The van der Waals surface area contributed by atoms with E-state index in [4.69, 9.17) is 4.74 Å². The molecule has 3 heteroatoms. The highest BCUT2D eigenvalue weighted by Crippen LogP contribution is 2.28. The van der Waals surface area contributed by atoms with Crippen LogP contribution < -0.4 is 10.1 Å². The number of nitrogens with one attached hydrogen (secondary N) is 1. The number of aromatic nitrogens is 1. The summed E-state index contributed by atoms with van der Waals surface area (Å²) in [6.07, 6.45) is 5.33. The molecule has 112 valence electrons. The number of aryl methyl sites for hydroxylation is 1. The average Bonchev–Trinajstić information content (AvgIpc) is 2.39. The third-order valence-electron chi connectivity index (χ3n) is 3.93. The van der Waals surface area contributed by atoms with Crippen LogP contribution >= 0.6 is 0 Å². The van der Waals surface area contributed by atoms with Crippen molar-refractivity contribution in [3.8, 4) is 5.75 Å². The van der Waals surface area contributed by atoms with Crippen LogP contribution in [0.4, 0.5) is 0 Å². The van der Waals surface area contributed by atoms with Crippen molar-refractivity contribution in [2.24, 2.45) is 5.92 Å². The molecule has 2 atom stereocenters. The zero-order valence-electron chi connectivity index (χ0n) is 13.3. The van der Waals surface area contributed by atoms with Crippen LogP contribution in [0, 0.1) is 12.8 Å². The van der Waals surface area contributed by atoms with Gasteiger partial charge in [-0.05, 0) is 44.2 Å². The molecule has 0 bridgehead atoms. The molecule has 0 saturated heterocycles. The number of pyridine rings is 1. The van der Waals surface area contributed by atoms with Gasteiger partial charge in [-0.3, -0.25) is 4.98 Å². The predicted octanol–water partition coefficient (Wildman–Crippen LogP) is 3.85. The molecule has 1 aliphatic carbocycles. The van der Waals surface area contributed by atoms with Crippen LogP contribution in [0.15, 0.2) is 12.1 Å². The summed E-state index contributed by atoms with van der Waals surface area (Å²) in [5.74, 6) is 1.74. The summed E-state index contributed by atoms with van der Waals surface area (Å²) >= 11 is 0. The molecule has 1 aromatic heterocycles. The molecule has 1 fully saturated rings. The van der Waals surface area contributed by atoms with Crippen molar-refractivity contribution in [2.75, 3.05) is 0 Å². The van der Waals surface area contributed by atoms with E-state index in [-0.39, 0.29) is 0 Å². The lowest BCUT2D eigenvalue weighted by Gasteiger charge is -2.28. The Bertz CT molecular complexity index is 431. The standard InChI is InChI=1S/C17H28N2O/c1-12(2)18-11-16-17(9-8-14(4)19-16)20-15-7-5-6-13(3)10-15/h8-9,12-13,15,18H,5-7,10-11H2,1-4H3. The summed E-state index contributed by atoms with van der Waals surface area (Å²) in [6.45, 7) is 9.44. The van der Waals surface area contributed by atoms with E-state index in [1.54, 1.807) is 0 Å². The molecule has 3 nitrogen and oxygen atoms in total. The first-order valence-corrected chi connectivity index (χ1v) is 7.91. The lowest BCUT2D eigenvalue weighted by Crippen LogP contribution is -2.26. The number of ether oxygens (including phenoxy) is 1. The Morgan fingerprint density at radius 2 is 2.15 bits per heavy atom. The smallest absolute Gasteiger partial charge is 0.142 e. The largest absolute Gasteiger partial charge is 0.488 e. The number of hydrogen-bond donors (Lipinski definition) is 1. The fraction of sp³-hybridized carbons (Fsp3) is 0.706. The summed E-state index contributed by atoms with van der Waals surface area (Å²) in [5, 5.41) is 3.43. The van der Waals surface area contributed by atoms with Gasteiger partial charge >= 0.3 is 0 Å². The van der Waals surface area contributed by atoms with Gasteiger partial charge < -0.3 is 10.1 Å². The molecule has 0 amide bonds. The molecule has 20 heavy (non-hydrogen) atoms. The average molecular weight is 276 g/mol. The van der Waals surface area contributed by atoms with Crippen LogP contribution in [0.25, 0.3) is 0 Å². The second-order valence-corrected chi connectivity index (χ2v) is 6.44. The van der Waals surface area contributed by atoms with Crippen molar-refractivity contribution in [3.63, 3.8) is 0 Å². The van der Waals surface area contributed by atoms with Gasteiger partial charge in [0.1, 0.15) is 5.75 Å². The Morgan fingerprint density at radius 1 is 1.35 bits per heavy atom. The minimum atomic E-state index is 0.362. The first kappa shape index (κ1) is 15.3. The maximum absolute atomic E-state index is 6.24. The Kier molecular flexibility index (Phi) is 5.41. The van der Waals surface area contributed by atoms with Crippen LogP contribution in [-0.4, -0.2) is 17.1 Å². The molecule has 1 aromatic rings. The zero-order chi connectivity index (χ0) is 14.5. The molecule has 1 N–H and O–H groups in total. The van der Waals surface area contributed by atoms with Gasteiger partial charge in [0.25, 0.3) is 0 Å². The van der Waals surface area contributed by atoms with Gasteiger partial charge in [-0.2, -0.15) is 0 Å². The minimum Gasteiger partial charge on any atom is -0.488 e. The highest BCUT2D eigenvalue weighted by molar-refractivity contribution is 5.29. The Hall–Kier alpha value is -1.09.